The van der Waals surface area contributed by atoms with E-state index >= 15 is 0 Å². The quantitative estimate of drug-likeness (QED) is 0.925. The molecule has 0 spiro atoms. The summed E-state index contributed by atoms with van der Waals surface area (Å²) in [4.78, 5) is 4.48. The van der Waals surface area contributed by atoms with Gasteiger partial charge in [0.25, 0.3) is 0 Å². The predicted octanol–water partition coefficient (Wildman–Crippen LogP) is 1.65. The molecule has 1 aliphatic heterocycles. The first kappa shape index (κ1) is 15.2. The second-order valence-electron chi connectivity index (χ2n) is 5.48. The third-order valence-electron chi connectivity index (χ3n) is 3.91. The van der Waals surface area contributed by atoms with E-state index in [9.17, 15) is 8.42 Å². The van der Waals surface area contributed by atoms with Crippen molar-refractivity contribution in [1.82, 2.24) is 9.29 Å². The highest BCUT2D eigenvalue weighted by atomic mass is 32.2. The number of nitrogens with zero attached hydrogens (tertiary/aromatic N) is 2. The second-order valence-corrected chi connectivity index (χ2v) is 7.41. The number of aromatic nitrogens is 1. The topological polar surface area (TPSA) is 83.6 Å². The summed E-state index contributed by atoms with van der Waals surface area (Å²) in [7, 11) is -3.50. The van der Waals surface area contributed by atoms with E-state index in [1.54, 1.807) is 37.5 Å². The first-order valence-electron chi connectivity index (χ1n) is 7.14. The molecular weight excluding hydrogens is 304 g/mol. The number of sulfonamides is 1. The maximum absolute atomic E-state index is 12.6. The summed E-state index contributed by atoms with van der Waals surface area (Å²) in [6.45, 7) is 2.62. The Morgan fingerprint density at radius 1 is 1.36 bits per heavy atom. The van der Waals surface area contributed by atoms with Gasteiger partial charge in [0, 0.05) is 32.2 Å². The van der Waals surface area contributed by atoms with E-state index in [1.807, 2.05) is 0 Å². The van der Waals surface area contributed by atoms with E-state index < -0.39 is 10.0 Å². The first-order valence-corrected chi connectivity index (χ1v) is 8.58. The van der Waals surface area contributed by atoms with Crippen molar-refractivity contribution in [3.63, 3.8) is 0 Å². The molecule has 1 aromatic carbocycles. The SMILES string of the molecule is Cc1nc(-c2ccc(S(=O)(=O)N3CCC(CO)C3)cc2)co1. The minimum absolute atomic E-state index is 0.0243. The lowest BCUT2D eigenvalue weighted by Gasteiger charge is -2.16. The Morgan fingerprint density at radius 2 is 2.09 bits per heavy atom. The molecule has 0 aliphatic carbocycles. The maximum atomic E-state index is 12.6. The van der Waals surface area contributed by atoms with Gasteiger partial charge in [0.2, 0.25) is 10.0 Å². The molecule has 1 atom stereocenters. The monoisotopic (exact) mass is 322 g/mol. The van der Waals surface area contributed by atoms with Gasteiger partial charge in [-0.1, -0.05) is 12.1 Å². The third-order valence-corrected chi connectivity index (χ3v) is 5.79. The zero-order chi connectivity index (χ0) is 15.7. The zero-order valence-corrected chi connectivity index (χ0v) is 13.1. The minimum Gasteiger partial charge on any atom is -0.449 e. The van der Waals surface area contributed by atoms with Crippen molar-refractivity contribution in [2.24, 2.45) is 5.92 Å². The fourth-order valence-corrected chi connectivity index (χ4v) is 4.14. The number of hydrogen-bond acceptors (Lipinski definition) is 5. The van der Waals surface area contributed by atoms with E-state index in [4.69, 9.17) is 9.52 Å². The third kappa shape index (κ3) is 2.79. The van der Waals surface area contributed by atoms with Crippen molar-refractivity contribution >= 4 is 10.0 Å². The van der Waals surface area contributed by atoms with E-state index in [0.29, 0.717) is 31.1 Å². The van der Waals surface area contributed by atoms with Gasteiger partial charge >= 0.3 is 0 Å². The number of aliphatic hydroxyl groups is 1. The van der Waals surface area contributed by atoms with Gasteiger partial charge in [0.1, 0.15) is 12.0 Å². The normalized spacial score (nSPS) is 19.6. The number of rotatable bonds is 4. The summed E-state index contributed by atoms with van der Waals surface area (Å²) in [5, 5.41) is 9.15. The standard InChI is InChI=1S/C15H18N2O4S/c1-11-16-15(10-21-11)13-2-4-14(5-3-13)22(19,20)17-7-6-12(8-17)9-18/h2-5,10,12,18H,6-9H2,1H3. The van der Waals surface area contributed by atoms with Crippen molar-refractivity contribution in [3.05, 3.63) is 36.4 Å². The van der Waals surface area contributed by atoms with Crippen LogP contribution in [0.5, 0.6) is 0 Å². The Kier molecular flexibility index (Phi) is 4.03. The van der Waals surface area contributed by atoms with Crippen LogP contribution < -0.4 is 0 Å². The maximum Gasteiger partial charge on any atom is 0.243 e. The summed E-state index contributed by atoms with van der Waals surface area (Å²) in [6.07, 6.45) is 2.25. The Hall–Kier alpha value is -1.70. The molecule has 0 amide bonds. The van der Waals surface area contributed by atoms with Gasteiger partial charge < -0.3 is 9.52 Å². The van der Waals surface area contributed by atoms with Gasteiger partial charge in [-0.05, 0) is 24.5 Å². The molecule has 1 aromatic heterocycles. The highest BCUT2D eigenvalue weighted by Gasteiger charge is 2.32. The highest BCUT2D eigenvalue weighted by Crippen LogP contribution is 2.26. The Morgan fingerprint density at radius 3 is 2.64 bits per heavy atom. The molecule has 118 valence electrons. The van der Waals surface area contributed by atoms with Crippen molar-refractivity contribution in [1.29, 1.82) is 0 Å². The predicted molar refractivity (Wildman–Crippen MR) is 80.6 cm³/mol. The number of oxazole rings is 1. The van der Waals surface area contributed by atoms with Crippen LogP contribution in [-0.4, -0.2) is 42.5 Å². The van der Waals surface area contributed by atoms with Crippen LogP contribution in [0, 0.1) is 12.8 Å². The molecule has 1 aliphatic rings. The first-order chi connectivity index (χ1) is 10.5. The molecule has 6 nitrogen and oxygen atoms in total. The molecule has 1 saturated heterocycles. The fraction of sp³-hybridized carbons (Fsp3) is 0.400. The number of aliphatic hydroxyl groups excluding tert-OH is 1. The molecule has 3 rings (SSSR count). The van der Waals surface area contributed by atoms with Crippen molar-refractivity contribution in [2.45, 2.75) is 18.2 Å². The summed E-state index contributed by atoms with van der Waals surface area (Å²) in [6, 6.07) is 6.62. The number of hydrogen-bond donors (Lipinski definition) is 1. The molecule has 0 radical (unpaired) electrons. The van der Waals surface area contributed by atoms with Gasteiger partial charge in [-0.15, -0.1) is 0 Å². The van der Waals surface area contributed by atoms with Crippen LogP contribution in [0.3, 0.4) is 0 Å². The van der Waals surface area contributed by atoms with E-state index in [0.717, 1.165) is 5.56 Å². The van der Waals surface area contributed by atoms with Gasteiger partial charge in [0.15, 0.2) is 5.89 Å². The smallest absolute Gasteiger partial charge is 0.243 e. The summed E-state index contributed by atoms with van der Waals surface area (Å²) in [5.41, 5.74) is 1.49. The minimum atomic E-state index is -3.50. The molecule has 1 N–H and O–H groups in total. The van der Waals surface area contributed by atoms with Crippen LogP contribution >= 0.6 is 0 Å². The van der Waals surface area contributed by atoms with E-state index in [-0.39, 0.29) is 17.4 Å². The average molecular weight is 322 g/mol. The second kappa shape index (κ2) is 5.83. The van der Waals surface area contributed by atoms with Crippen molar-refractivity contribution in [2.75, 3.05) is 19.7 Å². The molecule has 2 heterocycles. The number of benzene rings is 1. The largest absolute Gasteiger partial charge is 0.449 e. The highest BCUT2D eigenvalue weighted by molar-refractivity contribution is 7.89. The average Bonchev–Trinajstić information content (AvgIpc) is 3.16. The molecule has 1 fully saturated rings. The van der Waals surface area contributed by atoms with Crippen molar-refractivity contribution in [3.8, 4) is 11.3 Å². The van der Waals surface area contributed by atoms with E-state index in [2.05, 4.69) is 4.98 Å². The van der Waals surface area contributed by atoms with Crippen LogP contribution in [0.25, 0.3) is 11.3 Å². The molecule has 7 heteroatoms. The summed E-state index contributed by atoms with van der Waals surface area (Å²) in [5.74, 6) is 0.603. The molecule has 0 bridgehead atoms. The number of aryl methyl sites for hydroxylation is 1. The molecular formula is C15H18N2O4S. The van der Waals surface area contributed by atoms with Crippen molar-refractivity contribution < 1.29 is 17.9 Å². The molecule has 1 unspecified atom stereocenters. The zero-order valence-electron chi connectivity index (χ0n) is 12.3. The van der Waals surface area contributed by atoms with Gasteiger partial charge in [-0.2, -0.15) is 4.31 Å². The van der Waals surface area contributed by atoms with Crippen LogP contribution in [0.4, 0.5) is 0 Å². The van der Waals surface area contributed by atoms with Gasteiger partial charge in [-0.3, -0.25) is 0 Å². The lowest BCUT2D eigenvalue weighted by Crippen LogP contribution is -2.29. The Bertz CT molecular complexity index is 752. The molecule has 0 saturated carbocycles. The van der Waals surface area contributed by atoms with E-state index in [1.165, 1.54) is 4.31 Å². The lowest BCUT2D eigenvalue weighted by molar-refractivity contribution is 0.233. The van der Waals surface area contributed by atoms with Crippen LogP contribution in [0.15, 0.2) is 39.8 Å². The fourth-order valence-electron chi connectivity index (χ4n) is 2.61. The lowest BCUT2D eigenvalue weighted by atomic mass is 10.1. The van der Waals surface area contributed by atoms with Crippen LogP contribution in [0.2, 0.25) is 0 Å². The Labute approximate surface area is 129 Å². The Balaban J connectivity index is 1.83. The molecule has 22 heavy (non-hydrogen) atoms. The summed E-state index contributed by atoms with van der Waals surface area (Å²) >= 11 is 0. The molecule has 2 aromatic rings. The van der Waals surface area contributed by atoms with Crippen LogP contribution in [-0.2, 0) is 10.0 Å². The summed E-state index contributed by atoms with van der Waals surface area (Å²) < 4.78 is 31.7. The van der Waals surface area contributed by atoms with Gasteiger partial charge in [0.05, 0.1) is 4.90 Å². The van der Waals surface area contributed by atoms with Crippen LogP contribution in [0.1, 0.15) is 12.3 Å². The van der Waals surface area contributed by atoms with Gasteiger partial charge in [-0.25, -0.2) is 13.4 Å².